The van der Waals surface area contributed by atoms with Crippen molar-refractivity contribution in [1.82, 2.24) is 9.13 Å². The van der Waals surface area contributed by atoms with Gasteiger partial charge in [-0.1, -0.05) is 130 Å². The van der Waals surface area contributed by atoms with E-state index in [4.69, 9.17) is 0 Å². The van der Waals surface area contributed by atoms with E-state index in [1.165, 1.54) is 82.7 Å². The maximum atomic E-state index is 4.06. The van der Waals surface area contributed by atoms with Gasteiger partial charge >= 0.3 is 0 Å². The number of aromatic nitrogens is 2. The first-order valence-electron chi connectivity index (χ1n) is 19.0. The van der Waals surface area contributed by atoms with Crippen LogP contribution in [0.3, 0.4) is 0 Å². The maximum Gasteiger partial charge on any atom is 0.0541 e. The summed E-state index contributed by atoms with van der Waals surface area (Å²) in [7, 11) is 0. The van der Waals surface area contributed by atoms with Gasteiger partial charge in [-0.2, -0.15) is 0 Å². The van der Waals surface area contributed by atoms with Gasteiger partial charge in [0.05, 0.1) is 22.1 Å². The Morgan fingerprint density at radius 1 is 0.389 bits per heavy atom. The van der Waals surface area contributed by atoms with Crippen LogP contribution in [0, 0.1) is 5.41 Å². The molecule has 2 aromatic heterocycles. The largest absolute Gasteiger partial charge is 0.309 e. The molecule has 0 amide bonds. The highest BCUT2D eigenvalue weighted by molar-refractivity contribution is 9.10. The zero-order chi connectivity index (χ0) is 37.1. The van der Waals surface area contributed by atoms with Gasteiger partial charge in [0.15, 0.2) is 0 Å². The van der Waals surface area contributed by atoms with Crippen LogP contribution in [0.25, 0.3) is 77.2 Å². The summed E-state index contributed by atoms with van der Waals surface area (Å²) in [6, 6.07) is 56.1. The Hall–Kier alpha value is -5.38. The molecule has 2 heterocycles. The number of para-hydroxylation sites is 3. The van der Waals surface area contributed by atoms with E-state index in [1.54, 1.807) is 0 Å². The van der Waals surface area contributed by atoms with Crippen LogP contribution in [0.5, 0.6) is 0 Å². The molecule has 0 unspecified atom stereocenters. The molecule has 0 saturated heterocycles. The van der Waals surface area contributed by atoms with Gasteiger partial charge in [0.25, 0.3) is 0 Å². The Kier molecular flexibility index (Phi) is 7.11. The zero-order valence-corrected chi connectivity index (χ0v) is 33.3. The van der Waals surface area contributed by atoms with E-state index < -0.39 is 0 Å². The Labute approximate surface area is 325 Å². The number of hydrogen-bond acceptors (Lipinski definition) is 0. The van der Waals surface area contributed by atoms with Crippen molar-refractivity contribution in [3.05, 3.63) is 167 Å². The van der Waals surface area contributed by atoms with Crippen molar-refractivity contribution in [1.29, 1.82) is 0 Å². The second-order valence-electron chi connectivity index (χ2n) is 16.8. The van der Waals surface area contributed by atoms with Crippen LogP contribution in [0.4, 0.5) is 0 Å². The fourth-order valence-electron chi connectivity index (χ4n) is 9.52. The van der Waals surface area contributed by atoms with Crippen LogP contribution in [0.15, 0.2) is 156 Å². The van der Waals surface area contributed by atoms with Gasteiger partial charge in [0.1, 0.15) is 0 Å². The van der Waals surface area contributed by atoms with Crippen LogP contribution in [0.2, 0.25) is 0 Å². The molecule has 0 radical (unpaired) electrons. The highest BCUT2D eigenvalue weighted by Crippen LogP contribution is 2.62. The van der Waals surface area contributed by atoms with Gasteiger partial charge in [-0.15, -0.1) is 0 Å². The third-order valence-electron chi connectivity index (χ3n) is 13.7. The van der Waals surface area contributed by atoms with E-state index in [-0.39, 0.29) is 16.2 Å². The van der Waals surface area contributed by atoms with Gasteiger partial charge in [0.2, 0.25) is 0 Å². The van der Waals surface area contributed by atoms with E-state index >= 15 is 0 Å². The molecule has 54 heavy (non-hydrogen) atoms. The van der Waals surface area contributed by atoms with Crippen molar-refractivity contribution in [2.75, 3.05) is 0 Å². The zero-order valence-electron chi connectivity index (χ0n) is 31.7. The highest BCUT2D eigenvalue weighted by atomic mass is 79.9. The molecule has 0 saturated carbocycles. The van der Waals surface area contributed by atoms with Gasteiger partial charge in [0, 0.05) is 37.4 Å². The molecular formula is C51H43BrN2. The van der Waals surface area contributed by atoms with Gasteiger partial charge in [-0.3, -0.25) is 0 Å². The Bertz CT molecular complexity index is 2960. The van der Waals surface area contributed by atoms with Crippen molar-refractivity contribution in [3.63, 3.8) is 0 Å². The smallest absolute Gasteiger partial charge is 0.0541 e. The molecule has 2 nitrogen and oxygen atoms in total. The van der Waals surface area contributed by atoms with Gasteiger partial charge in [-0.05, 0) is 128 Å². The summed E-state index contributed by atoms with van der Waals surface area (Å²) in [5, 5.41) is 5.03. The Morgan fingerprint density at radius 3 is 1.33 bits per heavy atom. The highest BCUT2D eigenvalue weighted by Gasteiger charge is 2.57. The fourth-order valence-corrected chi connectivity index (χ4v) is 10.1. The normalized spacial score (nSPS) is 15.8. The van der Waals surface area contributed by atoms with Gasteiger partial charge < -0.3 is 9.13 Å². The first-order valence-corrected chi connectivity index (χ1v) is 19.8. The van der Waals surface area contributed by atoms with E-state index in [0.29, 0.717) is 0 Å². The van der Waals surface area contributed by atoms with Crippen molar-refractivity contribution >= 4 is 59.5 Å². The molecule has 264 valence electrons. The second kappa shape index (κ2) is 11.6. The first-order chi connectivity index (χ1) is 26.0. The third-order valence-corrected chi connectivity index (χ3v) is 14.3. The summed E-state index contributed by atoms with van der Waals surface area (Å²) in [5.74, 6) is 0. The number of hydrogen-bond donors (Lipinski definition) is 0. The molecule has 0 bridgehead atoms. The lowest BCUT2D eigenvalue weighted by molar-refractivity contribution is 0.125. The molecule has 9 aromatic rings. The molecule has 0 aliphatic heterocycles. The monoisotopic (exact) mass is 762 g/mol. The summed E-state index contributed by atoms with van der Waals surface area (Å²) in [6.07, 6.45) is 0. The predicted octanol–water partition coefficient (Wildman–Crippen LogP) is 14.6. The Morgan fingerprint density at radius 2 is 0.796 bits per heavy atom. The lowest BCUT2D eigenvalue weighted by atomic mass is 9.59. The average molecular weight is 764 g/mol. The van der Waals surface area contributed by atoms with Crippen LogP contribution in [-0.2, 0) is 10.8 Å². The summed E-state index contributed by atoms with van der Waals surface area (Å²) >= 11 is 4.06. The summed E-state index contributed by atoms with van der Waals surface area (Å²) in [6.45, 7) is 14.5. The number of nitrogens with zero attached hydrogens (tertiary/aromatic N) is 2. The first kappa shape index (κ1) is 33.2. The van der Waals surface area contributed by atoms with Crippen molar-refractivity contribution in [3.8, 4) is 33.6 Å². The number of benzene rings is 7. The van der Waals surface area contributed by atoms with Crippen molar-refractivity contribution in [2.24, 2.45) is 5.41 Å². The van der Waals surface area contributed by atoms with E-state index in [1.807, 2.05) is 0 Å². The standard InChI is InChI=1S/C51H43BrN2/c1-49(2)42-30-38(44(52)31-43(42)50(3,4)51(49,5)6)34-23-26-48-41(29-34)40-28-33(22-25-47(40)54(48)36-17-11-8-12-18-36)32-21-24-46-39(27-32)37-19-13-14-20-45(37)53(46)35-15-9-7-10-16-35/h7-31H,1-6H3. The van der Waals surface area contributed by atoms with Crippen molar-refractivity contribution < 1.29 is 0 Å². The minimum absolute atomic E-state index is 0.0259. The summed E-state index contributed by atoms with van der Waals surface area (Å²) in [5.41, 5.74) is 15.2. The molecule has 0 fully saturated rings. The lowest BCUT2D eigenvalue weighted by Gasteiger charge is -2.44. The molecule has 3 heteroatoms. The molecule has 7 aromatic carbocycles. The average Bonchev–Trinajstić information content (AvgIpc) is 3.72. The minimum Gasteiger partial charge on any atom is -0.309 e. The number of fused-ring (bicyclic) bond motifs is 7. The van der Waals surface area contributed by atoms with Crippen LogP contribution >= 0.6 is 15.9 Å². The minimum atomic E-state index is 0.0259. The molecule has 1 aliphatic carbocycles. The third kappa shape index (κ3) is 4.51. The molecular weight excluding hydrogens is 720 g/mol. The van der Waals surface area contributed by atoms with Crippen LogP contribution in [-0.4, -0.2) is 9.13 Å². The molecule has 10 rings (SSSR count). The second-order valence-corrected chi connectivity index (χ2v) is 17.7. The number of halogens is 1. The number of rotatable bonds is 4. The topological polar surface area (TPSA) is 9.86 Å². The van der Waals surface area contributed by atoms with E-state index in [9.17, 15) is 0 Å². The summed E-state index contributed by atoms with van der Waals surface area (Å²) < 4.78 is 5.95. The molecule has 0 spiro atoms. The van der Waals surface area contributed by atoms with Crippen molar-refractivity contribution in [2.45, 2.75) is 52.4 Å². The predicted molar refractivity (Wildman–Crippen MR) is 234 cm³/mol. The van der Waals surface area contributed by atoms with Crippen LogP contribution < -0.4 is 0 Å². The van der Waals surface area contributed by atoms with Crippen LogP contribution in [0.1, 0.15) is 52.7 Å². The maximum absolute atomic E-state index is 4.06. The quantitative estimate of drug-likeness (QED) is 0.169. The molecule has 0 N–H and O–H groups in total. The molecule has 1 aliphatic rings. The summed E-state index contributed by atoms with van der Waals surface area (Å²) in [4.78, 5) is 0. The SMILES string of the molecule is CC1(C)c2cc(Br)c(-c3ccc4c(c3)c3cc(-c5ccc6c(c5)c5ccccc5n6-c5ccccc5)ccc3n4-c3ccccc3)cc2C(C)(C)C1(C)C. The Balaban J connectivity index is 1.18. The lowest BCUT2D eigenvalue weighted by Crippen LogP contribution is -2.42. The van der Waals surface area contributed by atoms with E-state index in [2.05, 4.69) is 218 Å². The molecule has 0 atom stereocenters. The van der Waals surface area contributed by atoms with E-state index in [0.717, 1.165) is 10.2 Å². The van der Waals surface area contributed by atoms with Gasteiger partial charge in [-0.25, -0.2) is 0 Å². The fraction of sp³-hybridized carbons (Fsp3) is 0.176.